The minimum absolute atomic E-state index is 0.289. The van der Waals surface area contributed by atoms with Crippen molar-refractivity contribution in [2.45, 2.75) is 6.17 Å². The fraction of sp³-hybridized carbons (Fsp3) is 0.0323. The van der Waals surface area contributed by atoms with Crippen LogP contribution in [0.2, 0.25) is 0 Å². The van der Waals surface area contributed by atoms with Crippen molar-refractivity contribution in [1.82, 2.24) is 14.0 Å². The lowest BCUT2D eigenvalue weighted by molar-refractivity contribution is 0.383. The van der Waals surface area contributed by atoms with E-state index in [1.165, 1.54) is 65.6 Å². The SMILES string of the molecule is CN1C(c2ccccc2)=NC(c2ccccc2)=NC1c1cccc(-n2c3ccccc3c3ccc(-c4ccc5c(c4)c4ccccc4n5-c4ccc(-c5cccc6ccccc56)cc4)cc32)c1. The number of aromatic nitrogens is 2. The van der Waals surface area contributed by atoms with Gasteiger partial charge in [-0.2, -0.15) is 0 Å². The molecule has 0 saturated heterocycles. The molecule has 1 aliphatic rings. The molecule has 0 aliphatic carbocycles. The molecule has 0 bridgehead atoms. The quantitative estimate of drug-likeness (QED) is 0.157. The van der Waals surface area contributed by atoms with Crippen LogP contribution in [0, 0.1) is 0 Å². The van der Waals surface area contributed by atoms with Crippen molar-refractivity contribution in [1.29, 1.82) is 0 Å². The standard InChI is InChI=1S/C62H43N5/c1-65-61(44-19-6-3-7-20-44)63-60(43-17-4-2-5-18-43)64-62(65)47-22-14-23-49(38-47)67-56-28-12-10-25-52(56)54-36-32-46(40-59(54)67)45-33-37-58-55(39-45)53-26-11-13-29-57(53)66(58)48-34-30-42(31-35-48)51-27-15-21-41-16-8-9-24-50(41)51/h2-40,62H,1H3. The van der Waals surface area contributed by atoms with Gasteiger partial charge in [-0.15, -0.1) is 0 Å². The molecule has 67 heavy (non-hydrogen) atoms. The maximum absolute atomic E-state index is 5.32. The molecule has 10 aromatic carbocycles. The van der Waals surface area contributed by atoms with E-state index in [9.17, 15) is 0 Å². The minimum atomic E-state index is -0.289. The third-order valence-electron chi connectivity index (χ3n) is 13.6. The number of fused-ring (bicyclic) bond motifs is 7. The van der Waals surface area contributed by atoms with Crippen LogP contribution in [0.1, 0.15) is 22.9 Å². The first kappa shape index (κ1) is 38.6. The number of nitrogens with zero attached hydrogens (tertiary/aromatic N) is 5. The molecule has 13 rings (SSSR count). The average molecular weight is 858 g/mol. The van der Waals surface area contributed by atoms with Gasteiger partial charge in [-0.3, -0.25) is 0 Å². The van der Waals surface area contributed by atoms with Crippen molar-refractivity contribution < 1.29 is 0 Å². The average Bonchev–Trinajstić information content (AvgIpc) is 3.91. The van der Waals surface area contributed by atoms with Crippen molar-refractivity contribution in [2.75, 3.05) is 7.05 Å². The summed E-state index contributed by atoms with van der Waals surface area (Å²) in [5, 5.41) is 7.41. The molecule has 1 atom stereocenters. The lowest BCUT2D eigenvalue weighted by Crippen LogP contribution is -2.35. The fourth-order valence-electron chi connectivity index (χ4n) is 10.4. The van der Waals surface area contributed by atoms with Crippen LogP contribution in [-0.2, 0) is 0 Å². The molecule has 12 aromatic rings. The van der Waals surface area contributed by atoms with Crippen molar-refractivity contribution in [2.24, 2.45) is 9.98 Å². The molecular formula is C62H43N5. The summed E-state index contributed by atoms with van der Waals surface area (Å²) < 4.78 is 4.82. The maximum atomic E-state index is 5.32. The van der Waals surface area contributed by atoms with E-state index in [1.54, 1.807) is 0 Å². The fourth-order valence-corrected chi connectivity index (χ4v) is 10.4. The van der Waals surface area contributed by atoms with Crippen LogP contribution in [0.15, 0.2) is 247 Å². The first-order valence-corrected chi connectivity index (χ1v) is 22.9. The predicted molar refractivity (Wildman–Crippen MR) is 280 cm³/mol. The zero-order chi connectivity index (χ0) is 44.4. The van der Waals surface area contributed by atoms with Crippen LogP contribution in [0.4, 0.5) is 0 Å². The molecular weight excluding hydrogens is 815 g/mol. The van der Waals surface area contributed by atoms with Crippen LogP contribution < -0.4 is 0 Å². The first-order chi connectivity index (χ1) is 33.1. The summed E-state index contributed by atoms with van der Waals surface area (Å²) in [7, 11) is 2.10. The highest BCUT2D eigenvalue weighted by molar-refractivity contribution is 6.14. The normalized spacial score (nSPS) is 14.0. The van der Waals surface area contributed by atoms with Gasteiger partial charge in [0.1, 0.15) is 5.84 Å². The van der Waals surface area contributed by atoms with Crippen LogP contribution in [-0.4, -0.2) is 32.8 Å². The highest BCUT2D eigenvalue weighted by Crippen LogP contribution is 2.40. The van der Waals surface area contributed by atoms with Crippen LogP contribution in [0.5, 0.6) is 0 Å². The predicted octanol–water partition coefficient (Wildman–Crippen LogP) is 15.2. The van der Waals surface area contributed by atoms with Gasteiger partial charge in [0.05, 0.1) is 22.1 Å². The van der Waals surface area contributed by atoms with E-state index < -0.39 is 0 Å². The molecule has 0 fully saturated rings. The van der Waals surface area contributed by atoms with E-state index in [0.717, 1.165) is 50.8 Å². The Hall–Kier alpha value is -8.80. The lowest BCUT2D eigenvalue weighted by atomic mass is 9.98. The zero-order valence-electron chi connectivity index (χ0n) is 36.8. The van der Waals surface area contributed by atoms with Crippen molar-refractivity contribution in [3.8, 4) is 33.6 Å². The van der Waals surface area contributed by atoms with Gasteiger partial charge in [-0.1, -0.05) is 182 Å². The molecule has 5 nitrogen and oxygen atoms in total. The highest BCUT2D eigenvalue weighted by Gasteiger charge is 2.27. The van der Waals surface area contributed by atoms with Gasteiger partial charge >= 0.3 is 0 Å². The molecule has 0 radical (unpaired) electrons. The van der Waals surface area contributed by atoms with Gasteiger partial charge in [-0.25, -0.2) is 9.98 Å². The monoisotopic (exact) mass is 857 g/mol. The van der Waals surface area contributed by atoms with Crippen LogP contribution in [0.3, 0.4) is 0 Å². The van der Waals surface area contributed by atoms with Gasteiger partial charge in [0.25, 0.3) is 0 Å². The lowest BCUT2D eigenvalue weighted by Gasteiger charge is -2.32. The maximum Gasteiger partial charge on any atom is 0.159 e. The van der Waals surface area contributed by atoms with Gasteiger partial charge in [-0.05, 0) is 93.2 Å². The molecule has 0 saturated carbocycles. The molecule has 3 heterocycles. The van der Waals surface area contributed by atoms with E-state index in [-0.39, 0.29) is 6.17 Å². The number of hydrogen-bond acceptors (Lipinski definition) is 3. The number of amidine groups is 2. The Morgan fingerprint density at radius 1 is 0.358 bits per heavy atom. The Morgan fingerprint density at radius 3 is 1.70 bits per heavy atom. The highest BCUT2D eigenvalue weighted by atomic mass is 15.3. The molecule has 5 heteroatoms. The summed E-state index contributed by atoms with van der Waals surface area (Å²) >= 11 is 0. The van der Waals surface area contributed by atoms with Gasteiger partial charge < -0.3 is 14.0 Å². The van der Waals surface area contributed by atoms with E-state index in [1.807, 2.05) is 24.3 Å². The molecule has 0 amide bonds. The Morgan fingerprint density at radius 2 is 0.925 bits per heavy atom. The van der Waals surface area contributed by atoms with E-state index in [4.69, 9.17) is 9.98 Å². The van der Waals surface area contributed by atoms with Gasteiger partial charge in [0.15, 0.2) is 12.0 Å². The first-order valence-electron chi connectivity index (χ1n) is 22.9. The van der Waals surface area contributed by atoms with Gasteiger partial charge in [0, 0.05) is 51.1 Å². The summed E-state index contributed by atoms with van der Waals surface area (Å²) in [5.41, 5.74) is 14.8. The topological polar surface area (TPSA) is 37.8 Å². The van der Waals surface area contributed by atoms with Crippen molar-refractivity contribution >= 4 is 66.1 Å². The molecule has 316 valence electrons. The summed E-state index contributed by atoms with van der Waals surface area (Å²) in [6.45, 7) is 0. The molecule has 0 spiro atoms. The second-order valence-corrected chi connectivity index (χ2v) is 17.4. The molecule has 2 aromatic heterocycles. The summed E-state index contributed by atoms with van der Waals surface area (Å²) in [4.78, 5) is 12.6. The summed E-state index contributed by atoms with van der Waals surface area (Å²) in [6.07, 6.45) is -0.289. The largest absolute Gasteiger partial charge is 0.333 e. The van der Waals surface area contributed by atoms with E-state index in [0.29, 0.717) is 0 Å². The second kappa shape index (κ2) is 15.7. The second-order valence-electron chi connectivity index (χ2n) is 17.4. The van der Waals surface area contributed by atoms with E-state index in [2.05, 4.69) is 233 Å². The number of rotatable bonds is 7. The summed E-state index contributed by atoms with van der Waals surface area (Å²) in [6, 6.07) is 85.2. The Kier molecular flexibility index (Phi) is 9.07. The number of aliphatic imine (C=N–C) groups is 2. The van der Waals surface area contributed by atoms with Crippen molar-refractivity contribution in [3.05, 3.63) is 253 Å². The number of para-hydroxylation sites is 2. The Balaban J connectivity index is 0.910. The third kappa shape index (κ3) is 6.46. The zero-order valence-corrected chi connectivity index (χ0v) is 36.8. The smallest absolute Gasteiger partial charge is 0.159 e. The Labute approximate surface area is 388 Å². The van der Waals surface area contributed by atoms with E-state index >= 15 is 0 Å². The summed E-state index contributed by atoms with van der Waals surface area (Å²) in [5.74, 6) is 1.62. The number of benzene rings is 10. The minimum Gasteiger partial charge on any atom is -0.333 e. The third-order valence-corrected chi connectivity index (χ3v) is 13.6. The number of hydrogen-bond donors (Lipinski definition) is 0. The van der Waals surface area contributed by atoms with Crippen LogP contribution >= 0.6 is 0 Å². The molecule has 0 N–H and O–H groups in total. The van der Waals surface area contributed by atoms with Gasteiger partial charge in [0.2, 0.25) is 0 Å². The molecule has 1 aliphatic heterocycles. The molecule has 1 unspecified atom stereocenters. The van der Waals surface area contributed by atoms with Crippen LogP contribution in [0.25, 0.3) is 88.0 Å². The Bertz CT molecular complexity index is 3930. The van der Waals surface area contributed by atoms with Crippen molar-refractivity contribution in [3.63, 3.8) is 0 Å².